The van der Waals surface area contributed by atoms with Crippen molar-refractivity contribution >= 4 is 16.8 Å². The highest BCUT2D eigenvalue weighted by Gasteiger charge is 2.31. The molecule has 0 saturated carbocycles. The summed E-state index contributed by atoms with van der Waals surface area (Å²) in [5.41, 5.74) is -0.331. The van der Waals surface area contributed by atoms with Gasteiger partial charge in [-0.15, -0.1) is 10.2 Å². The van der Waals surface area contributed by atoms with E-state index in [-0.39, 0.29) is 23.7 Å². The molecule has 9 heteroatoms. The Morgan fingerprint density at radius 1 is 1.06 bits per heavy atom. The molecule has 1 amide bonds. The molecule has 0 spiro atoms. The van der Waals surface area contributed by atoms with Crippen LogP contribution in [0.1, 0.15) is 27.4 Å². The number of furan rings is 1. The molecule has 6 nitrogen and oxygen atoms in total. The van der Waals surface area contributed by atoms with Gasteiger partial charge in [-0.1, -0.05) is 24.3 Å². The van der Waals surface area contributed by atoms with Crippen molar-refractivity contribution < 1.29 is 27.1 Å². The lowest BCUT2D eigenvalue weighted by Crippen LogP contribution is -2.26. The zero-order valence-electron chi connectivity index (χ0n) is 16.9. The predicted octanol–water partition coefficient (Wildman–Crippen LogP) is 5.31. The van der Waals surface area contributed by atoms with Gasteiger partial charge in [-0.3, -0.25) is 4.79 Å². The Morgan fingerprint density at radius 3 is 2.62 bits per heavy atom. The van der Waals surface area contributed by atoms with Crippen molar-refractivity contribution in [2.45, 2.75) is 19.5 Å². The lowest BCUT2D eigenvalue weighted by molar-refractivity contribution is -0.137. The highest BCUT2D eigenvalue weighted by Crippen LogP contribution is 2.34. The summed E-state index contributed by atoms with van der Waals surface area (Å²) in [6.45, 7) is 2.11. The topological polar surface area (TPSA) is 77.2 Å². The van der Waals surface area contributed by atoms with Gasteiger partial charge in [-0.25, -0.2) is 0 Å². The summed E-state index contributed by atoms with van der Waals surface area (Å²) < 4.78 is 50.2. The van der Waals surface area contributed by atoms with Crippen LogP contribution in [0, 0.1) is 6.92 Å². The van der Waals surface area contributed by atoms with E-state index in [2.05, 4.69) is 15.5 Å². The van der Waals surface area contributed by atoms with Crippen molar-refractivity contribution in [3.8, 4) is 11.6 Å². The number of alkyl halides is 3. The van der Waals surface area contributed by atoms with E-state index < -0.39 is 17.6 Å². The van der Waals surface area contributed by atoms with Crippen LogP contribution in [0.3, 0.4) is 0 Å². The molecular formula is C23H18F3N3O3. The first kappa shape index (κ1) is 21.4. The predicted molar refractivity (Wildman–Crippen MR) is 111 cm³/mol. The summed E-state index contributed by atoms with van der Waals surface area (Å²) in [5, 5.41) is 11.2. The van der Waals surface area contributed by atoms with Gasteiger partial charge in [0.1, 0.15) is 22.8 Å². The largest absolute Gasteiger partial charge is 0.466 e. The van der Waals surface area contributed by atoms with Crippen LogP contribution in [0.15, 0.2) is 65.1 Å². The molecule has 0 aliphatic heterocycles. The summed E-state index contributed by atoms with van der Waals surface area (Å²) >= 11 is 0. The summed E-state index contributed by atoms with van der Waals surface area (Å²) in [7, 11) is 0. The first-order chi connectivity index (χ1) is 15.3. The van der Waals surface area contributed by atoms with E-state index in [1.165, 1.54) is 12.1 Å². The fourth-order valence-corrected chi connectivity index (χ4v) is 3.18. The Labute approximate surface area is 181 Å². The zero-order chi connectivity index (χ0) is 22.7. The number of amides is 1. The summed E-state index contributed by atoms with van der Waals surface area (Å²) in [4.78, 5) is 13.0. The second kappa shape index (κ2) is 8.70. The van der Waals surface area contributed by atoms with Crippen LogP contribution in [0.5, 0.6) is 11.6 Å². The molecule has 0 radical (unpaired) electrons. The standard InChI is InChI=1S/C23H18F3N3O3/c1-14-9-10-16(31-14)11-12-27-21(30)20-18-7-2-3-8-19(18)28-29-22(20)32-17-6-4-5-15(13-17)23(24,25)26/h2-10,13H,11-12H2,1H3,(H,27,30). The molecule has 0 bridgehead atoms. The third kappa shape index (κ3) is 4.72. The minimum absolute atomic E-state index is 0.0867. The molecule has 2 aromatic carbocycles. The average Bonchev–Trinajstić information content (AvgIpc) is 3.18. The Balaban J connectivity index is 1.63. The maximum absolute atomic E-state index is 13.0. The smallest absolute Gasteiger partial charge is 0.416 e. The van der Waals surface area contributed by atoms with Crippen molar-refractivity contribution in [3.63, 3.8) is 0 Å². The molecular weight excluding hydrogens is 423 g/mol. The highest BCUT2D eigenvalue weighted by molar-refractivity contribution is 6.07. The fourth-order valence-electron chi connectivity index (χ4n) is 3.18. The summed E-state index contributed by atoms with van der Waals surface area (Å²) in [6, 6.07) is 14.8. The molecule has 0 fully saturated rings. The molecule has 0 unspecified atom stereocenters. The molecule has 4 rings (SSSR count). The maximum Gasteiger partial charge on any atom is 0.416 e. The Kier molecular flexibility index (Phi) is 5.81. The number of ether oxygens (including phenoxy) is 1. The minimum atomic E-state index is -4.53. The van der Waals surface area contributed by atoms with Gasteiger partial charge in [0.2, 0.25) is 0 Å². The van der Waals surface area contributed by atoms with E-state index in [1.807, 2.05) is 19.1 Å². The molecule has 0 aliphatic rings. The number of benzene rings is 2. The lowest BCUT2D eigenvalue weighted by Gasteiger charge is -2.13. The number of rotatable bonds is 6. The fraction of sp³-hybridized carbons (Fsp3) is 0.174. The average molecular weight is 441 g/mol. The molecule has 4 aromatic rings. The van der Waals surface area contributed by atoms with Crippen LogP contribution in [0.4, 0.5) is 13.2 Å². The van der Waals surface area contributed by atoms with Crippen LogP contribution in [0.2, 0.25) is 0 Å². The van der Waals surface area contributed by atoms with Gasteiger partial charge in [0, 0.05) is 18.4 Å². The third-order valence-electron chi connectivity index (χ3n) is 4.69. The van der Waals surface area contributed by atoms with Gasteiger partial charge in [0.15, 0.2) is 0 Å². The lowest BCUT2D eigenvalue weighted by atomic mass is 10.1. The second-order valence-electron chi connectivity index (χ2n) is 7.04. The van der Waals surface area contributed by atoms with Gasteiger partial charge >= 0.3 is 6.18 Å². The van der Waals surface area contributed by atoms with Gasteiger partial charge in [0.25, 0.3) is 11.8 Å². The minimum Gasteiger partial charge on any atom is -0.466 e. The number of aryl methyl sites for hydroxylation is 1. The molecule has 0 atom stereocenters. The number of hydrogen-bond acceptors (Lipinski definition) is 5. The van der Waals surface area contributed by atoms with E-state index in [4.69, 9.17) is 9.15 Å². The molecule has 0 saturated heterocycles. The third-order valence-corrected chi connectivity index (χ3v) is 4.69. The number of hydrogen-bond donors (Lipinski definition) is 1. The zero-order valence-corrected chi connectivity index (χ0v) is 16.9. The van der Waals surface area contributed by atoms with Gasteiger partial charge in [-0.2, -0.15) is 13.2 Å². The van der Waals surface area contributed by atoms with Crippen LogP contribution < -0.4 is 10.1 Å². The van der Waals surface area contributed by atoms with Crippen molar-refractivity contribution in [1.29, 1.82) is 0 Å². The molecule has 2 aromatic heterocycles. The summed E-state index contributed by atoms with van der Waals surface area (Å²) in [5.74, 6) is 0.716. The number of nitrogens with one attached hydrogen (secondary N) is 1. The van der Waals surface area contributed by atoms with Crippen LogP contribution in [-0.4, -0.2) is 22.6 Å². The Morgan fingerprint density at radius 2 is 1.88 bits per heavy atom. The monoisotopic (exact) mass is 441 g/mol. The van der Waals surface area contributed by atoms with E-state index in [0.29, 0.717) is 17.3 Å². The number of aromatic nitrogens is 2. The molecule has 0 aliphatic carbocycles. The molecule has 1 N–H and O–H groups in total. The van der Waals surface area contributed by atoms with Crippen LogP contribution in [0.25, 0.3) is 10.9 Å². The van der Waals surface area contributed by atoms with Crippen molar-refractivity contribution in [2.24, 2.45) is 0 Å². The van der Waals surface area contributed by atoms with E-state index in [1.54, 1.807) is 24.3 Å². The van der Waals surface area contributed by atoms with E-state index in [9.17, 15) is 18.0 Å². The number of carbonyl (C=O) groups excluding carboxylic acids is 1. The van der Waals surface area contributed by atoms with Gasteiger partial charge < -0.3 is 14.5 Å². The van der Waals surface area contributed by atoms with Gasteiger partial charge in [0.05, 0.1) is 11.1 Å². The quantitative estimate of drug-likeness (QED) is 0.439. The first-order valence-electron chi connectivity index (χ1n) is 9.75. The van der Waals surface area contributed by atoms with E-state index in [0.717, 1.165) is 23.7 Å². The number of carbonyl (C=O) groups is 1. The molecule has 32 heavy (non-hydrogen) atoms. The second-order valence-corrected chi connectivity index (χ2v) is 7.04. The highest BCUT2D eigenvalue weighted by atomic mass is 19.4. The maximum atomic E-state index is 13.0. The SMILES string of the molecule is Cc1ccc(CCNC(=O)c2c(Oc3cccc(C(F)(F)F)c3)nnc3ccccc23)o1. The number of nitrogens with zero attached hydrogens (tertiary/aromatic N) is 2. The van der Waals surface area contributed by atoms with Crippen molar-refractivity contribution in [2.75, 3.05) is 6.54 Å². The Hall–Kier alpha value is -3.88. The van der Waals surface area contributed by atoms with Crippen LogP contribution in [-0.2, 0) is 12.6 Å². The van der Waals surface area contributed by atoms with Crippen molar-refractivity contribution in [1.82, 2.24) is 15.5 Å². The molecule has 164 valence electrons. The molecule has 2 heterocycles. The first-order valence-corrected chi connectivity index (χ1v) is 9.75. The van der Waals surface area contributed by atoms with E-state index >= 15 is 0 Å². The normalized spacial score (nSPS) is 11.5. The van der Waals surface area contributed by atoms with Gasteiger partial charge in [-0.05, 0) is 43.3 Å². The Bertz CT molecular complexity index is 1270. The number of halogens is 3. The number of fused-ring (bicyclic) bond motifs is 1. The van der Waals surface area contributed by atoms with Crippen LogP contribution >= 0.6 is 0 Å². The van der Waals surface area contributed by atoms with Crippen molar-refractivity contribution in [3.05, 3.63) is 83.3 Å². The summed E-state index contributed by atoms with van der Waals surface area (Å²) in [6.07, 6.45) is -4.06.